The van der Waals surface area contributed by atoms with E-state index >= 15 is 0 Å². The summed E-state index contributed by atoms with van der Waals surface area (Å²) in [6.07, 6.45) is 6.74. The molecule has 2 nitrogen and oxygen atoms in total. The Balaban J connectivity index is 0.00000110. The van der Waals surface area contributed by atoms with Crippen molar-refractivity contribution in [1.82, 2.24) is 10.2 Å². The molecule has 2 saturated heterocycles. The van der Waals surface area contributed by atoms with Gasteiger partial charge in [0.15, 0.2) is 0 Å². The van der Waals surface area contributed by atoms with Crippen LogP contribution in [0.2, 0.25) is 0 Å². The number of piperidine rings is 1. The third-order valence-electron chi connectivity index (χ3n) is 4.96. The largest absolute Gasteiger partial charge is 0.317 e. The van der Waals surface area contributed by atoms with Crippen LogP contribution in [0, 0.1) is 5.41 Å². The van der Waals surface area contributed by atoms with Crippen LogP contribution in [0.1, 0.15) is 31.2 Å². The van der Waals surface area contributed by atoms with Crippen LogP contribution in [0.3, 0.4) is 0 Å². The number of nitrogens with one attached hydrogen (secondary N) is 1. The molecule has 2 aliphatic heterocycles. The number of nitrogens with zero attached hydrogens (tertiary/aromatic N) is 1. The monoisotopic (exact) mass is 330 g/mol. The van der Waals surface area contributed by atoms with Gasteiger partial charge in [0, 0.05) is 6.54 Å². The maximum atomic E-state index is 3.50. The van der Waals surface area contributed by atoms with Crippen LogP contribution < -0.4 is 5.32 Å². The van der Waals surface area contributed by atoms with Crippen molar-refractivity contribution in [3.8, 4) is 0 Å². The second-order valence-corrected chi connectivity index (χ2v) is 6.37. The van der Waals surface area contributed by atoms with E-state index in [1.807, 2.05) is 0 Å². The number of likely N-dealkylation sites (tertiary alicyclic amines) is 1. The Bertz CT molecular complexity index is 391. The van der Waals surface area contributed by atoms with Gasteiger partial charge in [-0.05, 0) is 69.3 Å². The summed E-state index contributed by atoms with van der Waals surface area (Å²) in [4.78, 5) is 2.70. The standard InChI is InChI=1S/C17H26N2.2ClH/c1-2-5-16(6-3-1)7-4-13-19-14-10-17(15-19)8-11-18-12-9-17;;/h1-3,5-6,18H,4,7-15H2;2*1H. The lowest BCUT2D eigenvalue weighted by Crippen LogP contribution is -2.38. The van der Waals surface area contributed by atoms with Crippen LogP contribution >= 0.6 is 24.8 Å². The van der Waals surface area contributed by atoms with E-state index in [0.717, 1.165) is 0 Å². The molecule has 0 saturated carbocycles. The Morgan fingerprint density at radius 2 is 1.71 bits per heavy atom. The third-order valence-corrected chi connectivity index (χ3v) is 4.96. The summed E-state index contributed by atoms with van der Waals surface area (Å²) in [7, 11) is 0. The molecular formula is C17H28Cl2N2. The minimum atomic E-state index is 0. The van der Waals surface area contributed by atoms with E-state index in [2.05, 4.69) is 40.5 Å². The van der Waals surface area contributed by atoms with Crippen LogP contribution in [0.15, 0.2) is 30.3 Å². The van der Waals surface area contributed by atoms with Crippen molar-refractivity contribution >= 4 is 24.8 Å². The molecule has 1 spiro atoms. The topological polar surface area (TPSA) is 15.3 Å². The van der Waals surface area contributed by atoms with E-state index in [1.165, 1.54) is 70.4 Å². The van der Waals surface area contributed by atoms with Gasteiger partial charge in [0.25, 0.3) is 0 Å². The molecule has 0 unspecified atom stereocenters. The van der Waals surface area contributed by atoms with Gasteiger partial charge >= 0.3 is 0 Å². The molecule has 21 heavy (non-hydrogen) atoms. The Morgan fingerprint density at radius 1 is 1.00 bits per heavy atom. The Hall–Kier alpha value is -0.280. The van der Waals surface area contributed by atoms with Crippen LogP contribution in [0.5, 0.6) is 0 Å². The van der Waals surface area contributed by atoms with E-state index in [9.17, 15) is 0 Å². The number of benzene rings is 1. The summed E-state index contributed by atoms with van der Waals surface area (Å²) in [6.45, 7) is 6.43. The molecule has 0 radical (unpaired) electrons. The first-order chi connectivity index (χ1) is 9.36. The van der Waals surface area contributed by atoms with Gasteiger partial charge in [0.2, 0.25) is 0 Å². The molecule has 2 heterocycles. The zero-order valence-electron chi connectivity index (χ0n) is 12.7. The summed E-state index contributed by atoms with van der Waals surface area (Å²) in [6, 6.07) is 10.9. The molecule has 0 amide bonds. The third kappa shape index (κ3) is 5.14. The average Bonchev–Trinajstić information content (AvgIpc) is 2.84. The Morgan fingerprint density at radius 3 is 2.43 bits per heavy atom. The highest BCUT2D eigenvalue weighted by Gasteiger charge is 2.38. The molecule has 120 valence electrons. The van der Waals surface area contributed by atoms with Crippen LogP contribution in [0.4, 0.5) is 0 Å². The first kappa shape index (κ1) is 18.8. The van der Waals surface area contributed by atoms with Crippen LogP contribution in [0.25, 0.3) is 0 Å². The Kier molecular flexibility index (Phi) is 8.04. The second kappa shape index (κ2) is 8.99. The molecule has 1 aromatic rings. The van der Waals surface area contributed by atoms with Crippen molar-refractivity contribution in [3.05, 3.63) is 35.9 Å². The molecule has 0 atom stereocenters. The number of hydrogen-bond acceptors (Lipinski definition) is 2. The molecule has 0 bridgehead atoms. The summed E-state index contributed by atoms with van der Waals surface area (Å²) in [5, 5.41) is 3.50. The molecule has 0 aliphatic carbocycles. The molecule has 1 N–H and O–H groups in total. The molecule has 4 heteroatoms. The summed E-state index contributed by atoms with van der Waals surface area (Å²) in [5.41, 5.74) is 2.15. The lowest BCUT2D eigenvalue weighted by Gasteiger charge is -2.33. The van der Waals surface area contributed by atoms with Crippen molar-refractivity contribution in [2.24, 2.45) is 5.41 Å². The zero-order chi connectivity index (χ0) is 13.0. The van der Waals surface area contributed by atoms with Crippen molar-refractivity contribution in [3.63, 3.8) is 0 Å². The van der Waals surface area contributed by atoms with Crippen molar-refractivity contribution in [2.75, 3.05) is 32.7 Å². The van der Waals surface area contributed by atoms with E-state index < -0.39 is 0 Å². The lowest BCUT2D eigenvalue weighted by molar-refractivity contribution is 0.196. The van der Waals surface area contributed by atoms with Gasteiger partial charge in [-0.15, -0.1) is 24.8 Å². The summed E-state index contributed by atoms with van der Waals surface area (Å²) >= 11 is 0. The molecule has 0 aromatic heterocycles. The molecule has 2 aliphatic rings. The van der Waals surface area contributed by atoms with E-state index in [1.54, 1.807) is 0 Å². The Labute approximate surface area is 141 Å². The maximum absolute atomic E-state index is 3.50. The number of aryl methyl sites for hydroxylation is 1. The fraction of sp³-hybridized carbons (Fsp3) is 0.647. The second-order valence-electron chi connectivity index (χ2n) is 6.37. The number of rotatable bonds is 4. The van der Waals surface area contributed by atoms with Gasteiger partial charge in [0.05, 0.1) is 0 Å². The fourth-order valence-electron chi connectivity index (χ4n) is 3.74. The highest BCUT2D eigenvalue weighted by Crippen LogP contribution is 2.38. The summed E-state index contributed by atoms with van der Waals surface area (Å²) < 4.78 is 0. The molecule has 1 aromatic carbocycles. The average molecular weight is 331 g/mol. The van der Waals surface area contributed by atoms with Crippen LogP contribution in [-0.4, -0.2) is 37.6 Å². The SMILES string of the molecule is Cl.Cl.c1ccc(CCCN2CCC3(CCNCC3)C2)cc1. The van der Waals surface area contributed by atoms with Gasteiger partial charge < -0.3 is 10.2 Å². The number of hydrogen-bond donors (Lipinski definition) is 1. The van der Waals surface area contributed by atoms with E-state index in [0.29, 0.717) is 5.41 Å². The highest BCUT2D eigenvalue weighted by atomic mass is 35.5. The maximum Gasteiger partial charge on any atom is 0.00394 e. The predicted molar refractivity (Wildman–Crippen MR) is 94.9 cm³/mol. The van der Waals surface area contributed by atoms with Crippen molar-refractivity contribution in [2.45, 2.75) is 32.1 Å². The number of halogens is 2. The van der Waals surface area contributed by atoms with Gasteiger partial charge in [0.1, 0.15) is 0 Å². The first-order valence-corrected chi connectivity index (χ1v) is 7.83. The van der Waals surface area contributed by atoms with Crippen molar-refractivity contribution < 1.29 is 0 Å². The quantitative estimate of drug-likeness (QED) is 0.908. The minimum Gasteiger partial charge on any atom is -0.317 e. The van der Waals surface area contributed by atoms with Gasteiger partial charge in [-0.2, -0.15) is 0 Å². The summed E-state index contributed by atoms with van der Waals surface area (Å²) in [5.74, 6) is 0. The van der Waals surface area contributed by atoms with Gasteiger partial charge in [-0.25, -0.2) is 0 Å². The predicted octanol–water partition coefficient (Wildman–Crippen LogP) is 3.54. The molecular weight excluding hydrogens is 303 g/mol. The first-order valence-electron chi connectivity index (χ1n) is 7.83. The highest BCUT2D eigenvalue weighted by molar-refractivity contribution is 5.85. The minimum absolute atomic E-state index is 0. The van der Waals surface area contributed by atoms with Gasteiger partial charge in [-0.1, -0.05) is 30.3 Å². The smallest absolute Gasteiger partial charge is 0.00394 e. The van der Waals surface area contributed by atoms with E-state index in [-0.39, 0.29) is 24.8 Å². The van der Waals surface area contributed by atoms with E-state index in [4.69, 9.17) is 0 Å². The lowest BCUT2D eigenvalue weighted by atomic mass is 9.78. The normalized spacial score (nSPS) is 20.8. The van der Waals surface area contributed by atoms with Gasteiger partial charge in [-0.3, -0.25) is 0 Å². The molecule has 2 fully saturated rings. The van der Waals surface area contributed by atoms with Crippen LogP contribution in [-0.2, 0) is 6.42 Å². The fourth-order valence-corrected chi connectivity index (χ4v) is 3.74. The van der Waals surface area contributed by atoms with Crippen molar-refractivity contribution in [1.29, 1.82) is 0 Å². The molecule has 3 rings (SSSR count). The zero-order valence-corrected chi connectivity index (χ0v) is 14.4.